The number of carbonyl (C=O) groups excluding carboxylic acids is 1. The first kappa shape index (κ1) is 13.2. The van der Waals surface area contributed by atoms with Gasteiger partial charge in [0.1, 0.15) is 0 Å². The van der Waals surface area contributed by atoms with Crippen molar-refractivity contribution in [1.29, 1.82) is 0 Å². The minimum Gasteiger partial charge on any atom is -0.389 e. The molecule has 1 amide bonds. The Morgan fingerprint density at radius 1 is 1.60 bits per heavy atom. The van der Waals surface area contributed by atoms with Crippen molar-refractivity contribution in [3.8, 4) is 0 Å². The van der Waals surface area contributed by atoms with Crippen LogP contribution >= 0.6 is 22.9 Å². The Bertz CT molecular complexity index is 208. The molecule has 5 heteroatoms. The number of amides is 1. The highest BCUT2D eigenvalue weighted by atomic mass is 127. The fourth-order valence-corrected chi connectivity index (χ4v) is 2.26. The Balaban J connectivity index is 2.27. The predicted molar refractivity (Wildman–Crippen MR) is 67.7 cm³/mol. The van der Waals surface area contributed by atoms with Gasteiger partial charge in [0.15, 0.2) is 0 Å². The highest BCUT2D eigenvalue weighted by molar-refractivity contribution is 14.1. The predicted octanol–water partition coefficient (Wildman–Crippen LogP) is 1.08. The number of halogens is 1. The topological polar surface area (TPSA) is 52.6 Å². The van der Waals surface area contributed by atoms with Gasteiger partial charge in [-0.2, -0.15) is 0 Å². The van der Waals surface area contributed by atoms with Crippen molar-refractivity contribution in [3.63, 3.8) is 0 Å². The third-order valence-corrected chi connectivity index (χ3v) is 3.45. The number of aliphatic hydroxyl groups is 1. The molecule has 1 aliphatic rings. The van der Waals surface area contributed by atoms with Gasteiger partial charge in [-0.3, -0.25) is 4.79 Å². The summed E-state index contributed by atoms with van der Waals surface area (Å²) in [5, 5.41) is 9.12. The molecule has 0 aromatic rings. The van der Waals surface area contributed by atoms with Gasteiger partial charge < -0.3 is 10.0 Å². The number of nitrogens with zero attached hydrogens (tertiary/aromatic N) is 1. The molecule has 1 saturated heterocycles. The van der Waals surface area contributed by atoms with Crippen LogP contribution in [0.5, 0.6) is 0 Å². The monoisotopic (exact) mass is 326 g/mol. The molecule has 1 heterocycles. The first-order chi connectivity index (χ1) is 7.19. The van der Waals surface area contributed by atoms with Crippen molar-refractivity contribution in [2.45, 2.75) is 44.8 Å². The van der Waals surface area contributed by atoms with E-state index in [1.165, 1.54) is 12.8 Å². The Morgan fingerprint density at radius 3 is 2.73 bits per heavy atom. The number of rotatable bonds is 6. The van der Waals surface area contributed by atoms with Crippen LogP contribution in [0, 0.1) is 0 Å². The number of carbonyl (C=O) groups is 1. The van der Waals surface area contributed by atoms with Gasteiger partial charge in [0.2, 0.25) is 5.91 Å². The van der Waals surface area contributed by atoms with Crippen LogP contribution in [0.1, 0.15) is 32.6 Å². The normalized spacial score (nSPS) is 18.7. The summed E-state index contributed by atoms with van der Waals surface area (Å²) < 4.78 is 3.02. The van der Waals surface area contributed by atoms with Crippen molar-refractivity contribution in [3.05, 3.63) is 0 Å². The molecule has 0 aromatic carbocycles. The van der Waals surface area contributed by atoms with Gasteiger partial charge in [0.05, 0.1) is 12.1 Å². The lowest BCUT2D eigenvalue weighted by atomic mass is 10.1. The van der Waals surface area contributed by atoms with Crippen LogP contribution in [0.25, 0.3) is 0 Å². The largest absolute Gasteiger partial charge is 0.389 e. The molecular weight excluding hydrogens is 307 g/mol. The lowest BCUT2D eigenvalue weighted by molar-refractivity contribution is -0.143. The first-order valence-corrected chi connectivity index (χ1v) is 6.60. The van der Waals surface area contributed by atoms with Crippen molar-refractivity contribution < 1.29 is 9.90 Å². The summed E-state index contributed by atoms with van der Waals surface area (Å²) >= 11 is 2.04. The highest BCUT2D eigenvalue weighted by Gasteiger charge is 2.32. The maximum atomic E-state index is 11.8. The molecule has 1 rings (SSSR count). The number of nitrogens with one attached hydrogen (secondary N) is 1. The number of hydrogen-bond donors (Lipinski definition) is 2. The summed E-state index contributed by atoms with van der Waals surface area (Å²) in [6.45, 7) is 3.16. The van der Waals surface area contributed by atoms with Crippen molar-refractivity contribution >= 4 is 28.8 Å². The lowest BCUT2D eigenvalue weighted by Gasteiger charge is -2.37. The number of β-amino-alcohol motifs (C(OH)–C–C–N with tert-alkyl or cyclic N) is 1. The standard InChI is InChI=1S/C10H19IN2O2/c1-2-3-4-5-9(12-11)10(15)13-6-8(14)7-13/h8-9,12,14H,2-7H2,1H3. The van der Waals surface area contributed by atoms with Crippen LogP contribution in [0.2, 0.25) is 0 Å². The molecule has 1 aliphatic heterocycles. The molecule has 0 spiro atoms. The van der Waals surface area contributed by atoms with E-state index in [9.17, 15) is 4.79 Å². The van der Waals surface area contributed by atoms with Gasteiger partial charge in [-0.25, -0.2) is 3.53 Å². The minimum absolute atomic E-state index is 0.0790. The Hall–Kier alpha value is 0.120. The SMILES string of the molecule is CCCCCC(NI)C(=O)N1CC(O)C1. The maximum absolute atomic E-state index is 11.8. The molecule has 1 fully saturated rings. The number of hydrogen-bond acceptors (Lipinski definition) is 3. The van der Waals surface area contributed by atoms with Crippen molar-refractivity contribution in [2.75, 3.05) is 13.1 Å². The summed E-state index contributed by atoms with van der Waals surface area (Å²) in [6.07, 6.45) is 4.01. The zero-order chi connectivity index (χ0) is 11.3. The summed E-state index contributed by atoms with van der Waals surface area (Å²) in [6, 6.07) is -0.0790. The molecule has 1 atom stereocenters. The van der Waals surface area contributed by atoms with Gasteiger partial charge in [0.25, 0.3) is 0 Å². The molecule has 0 saturated carbocycles. The number of likely N-dealkylation sites (tertiary alicyclic amines) is 1. The molecule has 2 N–H and O–H groups in total. The molecular formula is C10H19IN2O2. The van der Waals surface area contributed by atoms with Crippen LogP contribution in [0.15, 0.2) is 0 Å². The third kappa shape index (κ3) is 3.88. The second kappa shape index (κ2) is 6.65. The molecule has 0 bridgehead atoms. The van der Waals surface area contributed by atoms with Crippen LogP contribution in [0.4, 0.5) is 0 Å². The summed E-state index contributed by atoms with van der Waals surface area (Å²) in [4.78, 5) is 13.6. The van der Waals surface area contributed by atoms with E-state index in [1.54, 1.807) is 4.90 Å². The number of aliphatic hydroxyl groups excluding tert-OH is 1. The third-order valence-electron chi connectivity index (χ3n) is 2.70. The Kier molecular flexibility index (Phi) is 5.84. The summed E-state index contributed by atoms with van der Waals surface area (Å²) in [5.41, 5.74) is 0. The second-order valence-corrected chi connectivity index (χ2v) is 4.68. The second-order valence-electron chi connectivity index (χ2n) is 4.05. The van der Waals surface area contributed by atoms with E-state index in [-0.39, 0.29) is 18.1 Å². The molecule has 4 nitrogen and oxygen atoms in total. The molecule has 88 valence electrons. The molecule has 15 heavy (non-hydrogen) atoms. The smallest absolute Gasteiger partial charge is 0.240 e. The van der Waals surface area contributed by atoms with E-state index < -0.39 is 0 Å². The van der Waals surface area contributed by atoms with E-state index >= 15 is 0 Å². The van der Waals surface area contributed by atoms with E-state index in [1.807, 2.05) is 22.9 Å². The van der Waals surface area contributed by atoms with Gasteiger partial charge in [-0.05, 0) is 6.42 Å². The van der Waals surface area contributed by atoms with Crippen LogP contribution in [-0.4, -0.2) is 41.1 Å². The fraction of sp³-hybridized carbons (Fsp3) is 0.900. The van der Waals surface area contributed by atoms with E-state index in [0.717, 1.165) is 12.8 Å². The Labute approximate surface area is 105 Å². The van der Waals surface area contributed by atoms with Gasteiger partial charge in [-0.1, -0.05) is 26.2 Å². The van der Waals surface area contributed by atoms with E-state index in [2.05, 4.69) is 10.5 Å². The maximum Gasteiger partial charge on any atom is 0.240 e. The molecule has 0 radical (unpaired) electrons. The average molecular weight is 326 g/mol. The van der Waals surface area contributed by atoms with Gasteiger partial charge in [0, 0.05) is 36.0 Å². The zero-order valence-corrected chi connectivity index (χ0v) is 11.2. The zero-order valence-electron chi connectivity index (χ0n) is 9.08. The van der Waals surface area contributed by atoms with Crippen molar-refractivity contribution in [1.82, 2.24) is 8.43 Å². The highest BCUT2D eigenvalue weighted by Crippen LogP contribution is 2.13. The molecule has 0 aliphatic carbocycles. The van der Waals surface area contributed by atoms with Crippen LogP contribution in [-0.2, 0) is 4.79 Å². The summed E-state index contributed by atoms with van der Waals surface area (Å²) in [7, 11) is 0. The minimum atomic E-state index is -0.306. The first-order valence-electron chi connectivity index (χ1n) is 5.52. The lowest BCUT2D eigenvalue weighted by Crippen LogP contribution is -2.57. The Morgan fingerprint density at radius 2 is 2.27 bits per heavy atom. The quantitative estimate of drug-likeness (QED) is 0.436. The number of unbranched alkanes of at least 4 members (excludes halogenated alkanes) is 2. The summed E-state index contributed by atoms with van der Waals surface area (Å²) in [5.74, 6) is 0.130. The van der Waals surface area contributed by atoms with Gasteiger partial charge >= 0.3 is 0 Å². The van der Waals surface area contributed by atoms with Gasteiger partial charge in [-0.15, -0.1) is 0 Å². The molecule has 1 unspecified atom stereocenters. The average Bonchev–Trinajstić information content (AvgIpc) is 2.19. The fourth-order valence-electron chi connectivity index (χ4n) is 1.68. The van der Waals surface area contributed by atoms with E-state index in [4.69, 9.17) is 5.11 Å². The molecule has 0 aromatic heterocycles. The van der Waals surface area contributed by atoms with Crippen LogP contribution in [0.3, 0.4) is 0 Å². The van der Waals surface area contributed by atoms with Crippen LogP contribution < -0.4 is 3.53 Å². The van der Waals surface area contributed by atoms with E-state index in [0.29, 0.717) is 13.1 Å². The van der Waals surface area contributed by atoms with Crippen molar-refractivity contribution in [2.24, 2.45) is 0 Å².